The van der Waals surface area contributed by atoms with Gasteiger partial charge in [-0.2, -0.15) is 13.9 Å². The zero-order valence-electron chi connectivity index (χ0n) is 14.0. The second-order valence-electron chi connectivity index (χ2n) is 5.59. The summed E-state index contributed by atoms with van der Waals surface area (Å²) in [6.45, 7) is 1.90. The molecular formula is C17H22ClN3O2. The number of nitrogens with zero attached hydrogens (tertiary/aromatic N) is 3. The van der Waals surface area contributed by atoms with Crippen molar-refractivity contribution in [1.82, 2.24) is 4.57 Å². The number of aryl methyl sites for hydroxylation is 1. The third-order valence-electron chi connectivity index (χ3n) is 3.77. The molecule has 0 radical (unpaired) electrons. The van der Waals surface area contributed by atoms with E-state index < -0.39 is 0 Å². The summed E-state index contributed by atoms with van der Waals surface area (Å²) in [4.78, 5) is 13.9. The topological polar surface area (TPSA) is 49.4 Å². The molecule has 124 valence electrons. The van der Waals surface area contributed by atoms with Crippen LogP contribution in [0.1, 0.15) is 17.0 Å². The third-order valence-corrected chi connectivity index (χ3v) is 3.77. The molecule has 1 aromatic carbocycles. The number of anilines is 1. The lowest BCUT2D eigenvalue weighted by atomic mass is 10.1. The van der Waals surface area contributed by atoms with Crippen molar-refractivity contribution in [3.05, 3.63) is 51.7 Å². The number of hydrogen-bond acceptors (Lipinski definition) is 3. The summed E-state index contributed by atoms with van der Waals surface area (Å²) >= 11 is 0. The first-order chi connectivity index (χ1) is 10.3. The fraction of sp³-hybridized carbons (Fsp3) is 0.294. The van der Waals surface area contributed by atoms with E-state index >= 15 is 0 Å². The molecule has 0 spiro atoms. The van der Waals surface area contributed by atoms with Gasteiger partial charge in [-0.15, -0.1) is 0 Å². The summed E-state index contributed by atoms with van der Waals surface area (Å²) < 4.78 is 3.20. The van der Waals surface area contributed by atoms with Crippen molar-refractivity contribution in [2.45, 2.75) is 6.92 Å². The molecule has 1 aromatic heterocycles. The van der Waals surface area contributed by atoms with Crippen molar-refractivity contribution < 1.29 is 22.1 Å². The van der Waals surface area contributed by atoms with E-state index in [2.05, 4.69) is 0 Å². The number of phenols is 1. The molecule has 0 aliphatic rings. The third kappa shape index (κ3) is 3.93. The van der Waals surface area contributed by atoms with Crippen LogP contribution in [0, 0.1) is 6.92 Å². The summed E-state index contributed by atoms with van der Waals surface area (Å²) in [7, 11) is 7.26. The lowest BCUT2D eigenvalue weighted by Gasteiger charge is -2.14. The largest absolute Gasteiger partial charge is 1.00 e. The first kappa shape index (κ1) is 18.8. The van der Waals surface area contributed by atoms with Gasteiger partial charge < -0.3 is 22.4 Å². The van der Waals surface area contributed by atoms with Gasteiger partial charge in [-0.05, 0) is 30.7 Å². The molecule has 23 heavy (non-hydrogen) atoms. The SMILES string of the molecule is Cc1cc(C=Cc2ccc(N(C)C)c(O)c2)[n+](C)c(=O)n1C.[Cl-]. The number of benzene rings is 1. The van der Waals surface area contributed by atoms with Crippen LogP contribution in [0.15, 0.2) is 29.1 Å². The number of rotatable bonds is 3. The number of phenolic OH excluding ortho intramolecular Hbond substituents is 1. The molecule has 5 nitrogen and oxygen atoms in total. The summed E-state index contributed by atoms with van der Waals surface area (Å²) in [5, 5.41) is 10.0. The number of aromatic nitrogens is 2. The van der Waals surface area contributed by atoms with E-state index in [9.17, 15) is 9.90 Å². The maximum absolute atomic E-state index is 12.0. The molecule has 0 saturated heterocycles. The molecule has 0 unspecified atom stereocenters. The van der Waals surface area contributed by atoms with E-state index in [-0.39, 0.29) is 23.8 Å². The van der Waals surface area contributed by atoms with Crippen molar-refractivity contribution in [2.24, 2.45) is 14.1 Å². The molecular weight excluding hydrogens is 314 g/mol. The van der Waals surface area contributed by atoms with Gasteiger partial charge in [-0.3, -0.25) is 0 Å². The first-order valence-electron chi connectivity index (χ1n) is 7.06. The van der Waals surface area contributed by atoms with Gasteiger partial charge in [0.25, 0.3) is 0 Å². The average Bonchev–Trinajstić information content (AvgIpc) is 2.47. The zero-order valence-corrected chi connectivity index (χ0v) is 14.8. The highest BCUT2D eigenvalue weighted by atomic mass is 35.5. The molecule has 1 N–H and O–H groups in total. The lowest BCUT2D eigenvalue weighted by molar-refractivity contribution is -0.692. The van der Waals surface area contributed by atoms with Crippen molar-refractivity contribution in [3.8, 4) is 5.75 Å². The van der Waals surface area contributed by atoms with Gasteiger partial charge in [-0.1, -0.05) is 12.1 Å². The van der Waals surface area contributed by atoms with Crippen LogP contribution in [0.2, 0.25) is 0 Å². The second kappa shape index (κ2) is 7.33. The van der Waals surface area contributed by atoms with Crippen molar-refractivity contribution in [3.63, 3.8) is 0 Å². The number of hydrogen-bond donors (Lipinski definition) is 1. The molecule has 0 fully saturated rings. The molecule has 0 amide bonds. The second-order valence-corrected chi connectivity index (χ2v) is 5.59. The minimum absolute atomic E-state index is 0. The van der Waals surface area contributed by atoms with Crippen LogP contribution < -0.4 is 27.6 Å². The van der Waals surface area contributed by atoms with Gasteiger partial charge >= 0.3 is 5.69 Å². The van der Waals surface area contributed by atoms with E-state index in [4.69, 9.17) is 0 Å². The Kier molecular flexibility index (Phi) is 5.98. The Labute approximate surface area is 142 Å². The molecule has 2 rings (SSSR count). The van der Waals surface area contributed by atoms with E-state index in [1.54, 1.807) is 29.3 Å². The van der Waals surface area contributed by atoms with E-state index in [0.717, 1.165) is 22.6 Å². The standard InChI is InChI=1S/C17H21N3O2.ClH/c1-12-10-14(20(5)17(22)19(12)4)8-6-13-7-9-15(18(2)3)16(21)11-13;/h6-11H,1-5H3;1H. The van der Waals surface area contributed by atoms with Crippen molar-refractivity contribution in [1.29, 1.82) is 0 Å². The van der Waals surface area contributed by atoms with Crippen LogP contribution in [0.25, 0.3) is 12.2 Å². The van der Waals surface area contributed by atoms with Gasteiger partial charge in [0.15, 0.2) is 0 Å². The molecule has 0 bridgehead atoms. The van der Waals surface area contributed by atoms with E-state index in [0.29, 0.717) is 0 Å². The zero-order chi connectivity index (χ0) is 16.4. The summed E-state index contributed by atoms with van der Waals surface area (Å²) in [6, 6.07) is 7.45. The van der Waals surface area contributed by atoms with E-state index in [1.165, 1.54) is 0 Å². The molecule has 2 aromatic rings. The van der Waals surface area contributed by atoms with Crippen LogP contribution >= 0.6 is 0 Å². The average molecular weight is 336 g/mol. The molecule has 1 heterocycles. The smallest absolute Gasteiger partial charge is 0.498 e. The van der Waals surface area contributed by atoms with Crippen LogP contribution in [0.4, 0.5) is 5.69 Å². The Bertz CT molecular complexity index is 795. The van der Waals surface area contributed by atoms with Gasteiger partial charge in [0.1, 0.15) is 17.1 Å². The van der Waals surface area contributed by atoms with Crippen LogP contribution in [0.5, 0.6) is 5.75 Å². The molecule has 0 atom stereocenters. The Morgan fingerprint density at radius 1 is 1.22 bits per heavy atom. The minimum Gasteiger partial charge on any atom is -1.00 e. The Morgan fingerprint density at radius 3 is 2.43 bits per heavy atom. The van der Waals surface area contributed by atoms with Crippen molar-refractivity contribution >= 4 is 17.8 Å². The monoisotopic (exact) mass is 335 g/mol. The maximum atomic E-state index is 12.0. The van der Waals surface area contributed by atoms with Gasteiger partial charge in [0.2, 0.25) is 0 Å². The quantitative estimate of drug-likeness (QED) is 0.692. The van der Waals surface area contributed by atoms with Crippen LogP contribution in [0.3, 0.4) is 0 Å². The number of halogens is 1. The highest BCUT2D eigenvalue weighted by Crippen LogP contribution is 2.27. The summed E-state index contributed by atoms with van der Waals surface area (Å²) in [6.07, 6.45) is 3.76. The van der Waals surface area contributed by atoms with Crippen LogP contribution in [-0.4, -0.2) is 23.8 Å². The van der Waals surface area contributed by atoms with E-state index in [1.807, 2.05) is 56.3 Å². The molecule has 0 saturated carbocycles. The Morgan fingerprint density at radius 2 is 1.87 bits per heavy atom. The predicted octanol–water partition coefficient (Wildman–Crippen LogP) is -1.54. The predicted molar refractivity (Wildman–Crippen MR) is 89.0 cm³/mol. The maximum Gasteiger partial charge on any atom is 0.498 e. The fourth-order valence-corrected chi connectivity index (χ4v) is 2.26. The highest BCUT2D eigenvalue weighted by Gasteiger charge is 2.11. The lowest BCUT2D eigenvalue weighted by Crippen LogP contribution is -3.00. The number of aromatic hydroxyl groups is 1. The Hall–Kier alpha value is -2.27. The highest BCUT2D eigenvalue weighted by molar-refractivity contribution is 5.70. The first-order valence-corrected chi connectivity index (χ1v) is 7.06. The van der Waals surface area contributed by atoms with Gasteiger partial charge in [-0.25, -0.2) is 0 Å². The summed E-state index contributed by atoms with van der Waals surface area (Å²) in [5.41, 5.74) is 3.30. The molecule has 0 aliphatic heterocycles. The molecule has 0 aliphatic carbocycles. The molecule has 6 heteroatoms. The van der Waals surface area contributed by atoms with Crippen LogP contribution in [-0.2, 0) is 14.1 Å². The minimum atomic E-state index is -0.0644. The van der Waals surface area contributed by atoms with Crippen molar-refractivity contribution in [2.75, 3.05) is 19.0 Å². The fourth-order valence-electron chi connectivity index (χ4n) is 2.26. The Balaban J connectivity index is 0.00000264. The van der Waals surface area contributed by atoms with Gasteiger partial charge in [0, 0.05) is 20.2 Å². The summed E-state index contributed by atoms with van der Waals surface area (Å²) in [5.74, 6) is 0.233. The normalized spacial score (nSPS) is 10.7. The van der Waals surface area contributed by atoms with Gasteiger partial charge in [0.05, 0.1) is 19.8 Å².